The maximum Gasteiger partial charge on any atom is 0.231 e. The van der Waals surface area contributed by atoms with Crippen molar-refractivity contribution < 1.29 is 9.26 Å². The molecule has 1 aromatic rings. The standard InChI is InChI=1S/C14H25N3O2/c1-4-7-12(18-3)13-16-14(19-17-13)10-8-6-9-11(10)15-5-2/h10-12,15H,4-9H2,1-3H3. The van der Waals surface area contributed by atoms with E-state index in [0.29, 0.717) is 17.8 Å². The van der Waals surface area contributed by atoms with Gasteiger partial charge in [-0.2, -0.15) is 4.98 Å². The highest BCUT2D eigenvalue weighted by atomic mass is 16.5. The Morgan fingerprint density at radius 2 is 2.26 bits per heavy atom. The number of nitrogens with one attached hydrogen (secondary N) is 1. The molecule has 1 aromatic heterocycles. The van der Waals surface area contributed by atoms with Crippen molar-refractivity contribution in [3.8, 4) is 0 Å². The predicted molar refractivity (Wildman–Crippen MR) is 73.0 cm³/mol. The van der Waals surface area contributed by atoms with Crippen molar-refractivity contribution in [1.29, 1.82) is 0 Å². The molecule has 0 aliphatic heterocycles. The van der Waals surface area contributed by atoms with Crippen LogP contribution in [0.15, 0.2) is 4.52 Å². The van der Waals surface area contributed by atoms with E-state index >= 15 is 0 Å². The fourth-order valence-corrected chi connectivity index (χ4v) is 2.91. The van der Waals surface area contributed by atoms with Gasteiger partial charge in [0, 0.05) is 13.2 Å². The smallest absolute Gasteiger partial charge is 0.231 e. The fourth-order valence-electron chi connectivity index (χ4n) is 2.91. The lowest BCUT2D eigenvalue weighted by Crippen LogP contribution is -2.31. The van der Waals surface area contributed by atoms with Crippen LogP contribution in [0, 0.1) is 0 Å². The summed E-state index contributed by atoms with van der Waals surface area (Å²) in [5.74, 6) is 1.83. The molecule has 2 rings (SSSR count). The summed E-state index contributed by atoms with van der Waals surface area (Å²) < 4.78 is 10.9. The number of nitrogens with zero attached hydrogens (tertiary/aromatic N) is 2. The monoisotopic (exact) mass is 267 g/mol. The van der Waals surface area contributed by atoms with E-state index in [0.717, 1.165) is 31.7 Å². The summed E-state index contributed by atoms with van der Waals surface area (Å²) in [6, 6.07) is 0.477. The van der Waals surface area contributed by atoms with Gasteiger partial charge in [0.1, 0.15) is 6.10 Å². The van der Waals surface area contributed by atoms with Crippen molar-refractivity contribution in [2.24, 2.45) is 0 Å². The van der Waals surface area contributed by atoms with E-state index in [1.807, 2.05) is 0 Å². The molecule has 5 heteroatoms. The van der Waals surface area contributed by atoms with Gasteiger partial charge in [-0.3, -0.25) is 0 Å². The first kappa shape index (κ1) is 14.5. The van der Waals surface area contributed by atoms with Gasteiger partial charge in [-0.05, 0) is 25.8 Å². The van der Waals surface area contributed by atoms with Crippen LogP contribution < -0.4 is 5.32 Å². The quantitative estimate of drug-likeness (QED) is 0.823. The Hall–Kier alpha value is -0.940. The van der Waals surface area contributed by atoms with Gasteiger partial charge in [0.2, 0.25) is 11.7 Å². The molecule has 0 spiro atoms. The molecule has 1 heterocycles. The Labute approximate surface area is 115 Å². The van der Waals surface area contributed by atoms with Crippen LogP contribution in [0.25, 0.3) is 0 Å². The molecule has 1 N–H and O–H groups in total. The highest BCUT2D eigenvalue weighted by Crippen LogP contribution is 2.34. The van der Waals surface area contributed by atoms with E-state index in [2.05, 4.69) is 29.3 Å². The Kier molecular flexibility index (Phi) is 5.34. The summed E-state index contributed by atoms with van der Waals surface area (Å²) in [7, 11) is 1.70. The maximum atomic E-state index is 5.47. The molecule has 1 aliphatic carbocycles. The first-order valence-corrected chi connectivity index (χ1v) is 7.39. The summed E-state index contributed by atoms with van der Waals surface area (Å²) in [6.45, 7) is 5.25. The minimum Gasteiger partial charge on any atom is -0.373 e. The van der Waals surface area contributed by atoms with E-state index in [9.17, 15) is 0 Å². The van der Waals surface area contributed by atoms with E-state index < -0.39 is 0 Å². The number of hydrogen-bond donors (Lipinski definition) is 1. The fraction of sp³-hybridized carbons (Fsp3) is 0.857. The van der Waals surface area contributed by atoms with Crippen molar-refractivity contribution >= 4 is 0 Å². The number of rotatable bonds is 7. The minimum atomic E-state index is -0.0403. The predicted octanol–water partition coefficient (Wildman–Crippen LogP) is 2.80. The molecule has 1 aliphatic rings. The van der Waals surface area contributed by atoms with Crippen LogP contribution in [0.4, 0.5) is 0 Å². The molecule has 0 bridgehead atoms. The number of hydrogen-bond acceptors (Lipinski definition) is 5. The van der Waals surface area contributed by atoms with Gasteiger partial charge >= 0.3 is 0 Å². The molecular weight excluding hydrogens is 242 g/mol. The lowest BCUT2D eigenvalue weighted by atomic mass is 10.0. The van der Waals surface area contributed by atoms with Crippen molar-refractivity contribution in [2.75, 3.05) is 13.7 Å². The Morgan fingerprint density at radius 1 is 1.42 bits per heavy atom. The van der Waals surface area contributed by atoms with Gasteiger partial charge < -0.3 is 14.6 Å². The zero-order valence-electron chi connectivity index (χ0n) is 12.2. The third-order valence-corrected chi connectivity index (χ3v) is 3.88. The average molecular weight is 267 g/mol. The summed E-state index contributed by atoms with van der Waals surface area (Å²) in [6.07, 6.45) is 5.48. The summed E-state index contributed by atoms with van der Waals surface area (Å²) in [5, 5.41) is 7.62. The zero-order chi connectivity index (χ0) is 13.7. The Bertz CT molecular complexity index is 381. The zero-order valence-corrected chi connectivity index (χ0v) is 12.2. The third kappa shape index (κ3) is 3.34. The number of methoxy groups -OCH3 is 1. The lowest BCUT2D eigenvalue weighted by Gasteiger charge is -2.16. The molecule has 0 radical (unpaired) electrons. The third-order valence-electron chi connectivity index (χ3n) is 3.88. The lowest BCUT2D eigenvalue weighted by molar-refractivity contribution is 0.0854. The Morgan fingerprint density at radius 3 is 2.95 bits per heavy atom. The van der Waals surface area contributed by atoms with Gasteiger partial charge in [0.05, 0.1) is 5.92 Å². The molecule has 108 valence electrons. The molecule has 0 saturated heterocycles. The molecule has 3 atom stereocenters. The second-order valence-electron chi connectivity index (χ2n) is 5.21. The van der Waals surface area contributed by atoms with Crippen molar-refractivity contribution in [1.82, 2.24) is 15.5 Å². The van der Waals surface area contributed by atoms with Gasteiger partial charge in [-0.1, -0.05) is 31.8 Å². The topological polar surface area (TPSA) is 60.2 Å². The second kappa shape index (κ2) is 7.01. The van der Waals surface area contributed by atoms with Gasteiger partial charge in [-0.15, -0.1) is 0 Å². The molecule has 3 unspecified atom stereocenters. The van der Waals surface area contributed by atoms with E-state index in [1.54, 1.807) is 7.11 Å². The molecule has 5 nitrogen and oxygen atoms in total. The van der Waals surface area contributed by atoms with Gasteiger partial charge in [0.25, 0.3) is 0 Å². The Balaban J connectivity index is 2.07. The molecule has 1 fully saturated rings. The first-order valence-electron chi connectivity index (χ1n) is 7.39. The highest BCUT2D eigenvalue weighted by Gasteiger charge is 2.33. The van der Waals surface area contributed by atoms with Crippen LogP contribution in [0.1, 0.15) is 69.7 Å². The first-order chi connectivity index (χ1) is 9.30. The molecule has 0 aromatic carbocycles. The minimum absolute atomic E-state index is 0.0403. The average Bonchev–Trinajstić information content (AvgIpc) is 3.04. The van der Waals surface area contributed by atoms with Crippen LogP contribution in [-0.2, 0) is 4.74 Å². The molecular formula is C14H25N3O2. The van der Waals surface area contributed by atoms with Crippen molar-refractivity contribution in [3.63, 3.8) is 0 Å². The van der Waals surface area contributed by atoms with E-state index in [-0.39, 0.29) is 6.10 Å². The van der Waals surface area contributed by atoms with E-state index in [4.69, 9.17) is 9.26 Å². The van der Waals surface area contributed by atoms with E-state index in [1.165, 1.54) is 12.8 Å². The largest absolute Gasteiger partial charge is 0.373 e. The highest BCUT2D eigenvalue weighted by molar-refractivity contribution is 5.04. The number of likely N-dealkylation sites (N-methyl/N-ethyl adjacent to an activating group) is 1. The van der Waals surface area contributed by atoms with Crippen LogP contribution in [-0.4, -0.2) is 29.8 Å². The molecule has 19 heavy (non-hydrogen) atoms. The second-order valence-corrected chi connectivity index (χ2v) is 5.21. The number of ether oxygens (including phenoxy) is 1. The van der Waals surface area contributed by atoms with Gasteiger partial charge in [0.15, 0.2) is 0 Å². The normalized spacial score (nSPS) is 24.8. The van der Waals surface area contributed by atoms with Crippen LogP contribution in [0.2, 0.25) is 0 Å². The SMILES string of the molecule is CCCC(OC)c1noc(C2CCCC2NCC)n1. The molecule has 0 amide bonds. The van der Waals surface area contributed by atoms with Crippen LogP contribution in [0.3, 0.4) is 0 Å². The van der Waals surface area contributed by atoms with Crippen LogP contribution in [0.5, 0.6) is 0 Å². The summed E-state index contributed by atoms with van der Waals surface area (Å²) in [4.78, 5) is 4.57. The maximum absolute atomic E-state index is 5.47. The summed E-state index contributed by atoms with van der Waals surface area (Å²) >= 11 is 0. The van der Waals surface area contributed by atoms with Crippen molar-refractivity contribution in [2.45, 2.75) is 64.0 Å². The molecule has 1 saturated carbocycles. The van der Waals surface area contributed by atoms with Gasteiger partial charge in [-0.25, -0.2) is 0 Å². The summed E-state index contributed by atoms with van der Waals surface area (Å²) in [5.41, 5.74) is 0. The van der Waals surface area contributed by atoms with Crippen molar-refractivity contribution in [3.05, 3.63) is 11.7 Å². The van der Waals surface area contributed by atoms with Crippen LogP contribution >= 0.6 is 0 Å². The number of aromatic nitrogens is 2.